The lowest BCUT2D eigenvalue weighted by atomic mass is 10.1. The molecule has 2 aromatic rings. The Kier molecular flexibility index (Phi) is 5.78. The van der Waals surface area contributed by atoms with E-state index in [1.54, 1.807) is 12.1 Å². The van der Waals surface area contributed by atoms with Crippen LogP contribution in [0.1, 0.15) is 30.1 Å². The fourth-order valence-electron chi connectivity index (χ4n) is 2.50. The number of halogens is 1. The number of anilines is 1. The number of hydrogen-bond acceptors (Lipinski definition) is 5. The van der Waals surface area contributed by atoms with E-state index in [9.17, 15) is 9.59 Å². The molecule has 0 saturated heterocycles. The Balaban J connectivity index is 1.53. The van der Waals surface area contributed by atoms with Gasteiger partial charge in [-0.3, -0.25) is 9.59 Å². The van der Waals surface area contributed by atoms with E-state index in [0.717, 1.165) is 10.2 Å². The van der Waals surface area contributed by atoms with Crippen molar-refractivity contribution in [3.63, 3.8) is 0 Å². The summed E-state index contributed by atoms with van der Waals surface area (Å²) in [5, 5.41) is 2.77. The molecule has 1 heterocycles. The molecule has 0 spiro atoms. The first-order valence-electron chi connectivity index (χ1n) is 8.16. The van der Waals surface area contributed by atoms with Crippen LogP contribution in [0.15, 0.2) is 40.9 Å². The van der Waals surface area contributed by atoms with Crippen molar-refractivity contribution in [2.45, 2.75) is 19.8 Å². The van der Waals surface area contributed by atoms with E-state index in [1.165, 1.54) is 6.92 Å². The smallest absolute Gasteiger partial charge is 0.231 e. The third-order valence-corrected chi connectivity index (χ3v) is 4.33. The first-order valence-corrected chi connectivity index (χ1v) is 8.95. The van der Waals surface area contributed by atoms with Gasteiger partial charge in [0.1, 0.15) is 5.75 Å². The fraction of sp³-hybridized carbons (Fsp3) is 0.263. The Hall–Kier alpha value is -2.54. The highest BCUT2D eigenvalue weighted by Gasteiger charge is 2.20. The lowest BCUT2D eigenvalue weighted by Gasteiger charge is -2.11. The van der Waals surface area contributed by atoms with Crippen LogP contribution in [0.25, 0.3) is 0 Å². The molecule has 0 fully saturated rings. The van der Waals surface area contributed by atoms with Crippen molar-refractivity contribution >= 4 is 33.3 Å². The molecule has 136 valence electrons. The van der Waals surface area contributed by atoms with Crippen LogP contribution in [0.4, 0.5) is 5.69 Å². The Bertz CT molecular complexity index is 819. The largest absolute Gasteiger partial charge is 0.494 e. The monoisotopic (exact) mass is 419 g/mol. The summed E-state index contributed by atoms with van der Waals surface area (Å²) in [5.74, 6) is 1.44. The van der Waals surface area contributed by atoms with Crippen molar-refractivity contribution in [1.82, 2.24) is 0 Å². The van der Waals surface area contributed by atoms with Gasteiger partial charge in [-0.25, -0.2) is 0 Å². The minimum absolute atomic E-state index is 0.109. The molecule has 0 radical (unpaired) electrons. The lowest BCUT2D eigenvalue weighted by molar-refractivity contribution is -0.116. The van der Waals surface area contributed by atoms with Gasteiger partial charge in [0, 0.05) is 22.5 Å². The van der Waals surface area contributed by atoms with Crippen molar-refractivity contribution < 1.29 is 23.8 Å². The molecule has 3 rings (SSSR count). The van der Waals surface area contributed by atoms with Gasteiger partial charge in [0.25, 0.3) is 0 Å². The van der Waals surface area contributed by atoms with E-state index in [1.807, 2.05) is 24.3 Å². The van der Waals surface area contributed by atoms with Gasteiger partial charge in [-0.05, 0) is 43.7 Å². The Morgan fingerprint density at radius 3 is 2.54 bits per heavy atom. The molecular weight excluding hydrogens is 402 g/mol. The second-order valence-electron chi connectivity index (χ2n) is 5.76. The summed E-state index contributed by atoms with van der Waals surface area (Å²) in [6.45, 7) is 1.98. The third-order valence-electron chi connectivity index (χ3n) is 3.80. The van der Waals surface area contributed by atoms with Gasteiger partial charge >= 0.3 is 0 Å². The molecule has 1 aliphatic heterocycles. The van der Waals surface area contributed by atoms with Crippen molar-refractivity contribution in [1.29, 1.82) is 0 Å². The first-order chi connectivity index (χ1) is 12.5. The molecule has 2 aromatic carbocycles. The minimum atomic E-state index is -0.189. The normalized spacial score (nSPS) is 11.9. The molecule has 0 atom stereocenters. The zero-order chi connectivity index (χ0) is 18.5. The van der Waals surface area contributed by atoms with E-state index in [-0.39, 0.29) is 24.9 Å². The quantitative estimate of drug-likeness (QED) is 0.538. The first kappa shape index (κ1) is 18.3. The zero-order valence-electron chi connectivity index (χ0n) is 14.2. The number of fused-ring (bicyclic) bond motifs is 1. The van der Waals surface area contributed by atoms with E-state index >= 15 is 0 Å². The molecular formula is C19H18BrNO5. The number of hydrogen-bond donors (Lipinski definition) is 1. The minimum Gasteiger partial charge on any atom is -0.494 e. The van der Waals surface area contributed by atoms with E-state index in [4.69, 9.17) is 14.2 Å². The van der Waals surface area contributed by atoms with Gasteiger partial charge in [-0.2, -0.15) is 0 Å². The molecule has 1 amide bonds. The fourth-order valence-corrected chi connectivity index (χ4v) is 2.77. The van der Waals surface area contributed by atoms with Gasteiger partial charge in [-0.1, -0.05) is 15.9 Å². The maximum atomic E-state index is 12.2. The molecule has 1 aliphatic rings. The molecule has 0 aromatic heterocycles. The number of rotatable bonds is 7. The summed E-state index contributed by atoms with van der Waals surface area (Å²) in [5.41, 5.74) is 0.828. The molecule has 7 heteroatoms. The number of amides is 1. The van der Waals surface area contributed by atoms with Crippen LogP contribution in [0.2, 0.25) is 0 Å². The van der Waals surface area contributed by atoms with Crippen LogP contribution in [-0.2, 0) is 4.79 Å². The van der Waals surface area contributed by atoms with Crippen LogP contribution in [0, 0.1) is 0 Å². The molecule has 0 aliphatic carbocycles. The standard InChI is InChI=1S/C19H18BrNO5/c1-12(22)15-9-17-18(26-11-25-17)10-16(15)21-19(23)3-2-8-24-14-6-4-13(20)5-7-14/h4-7,9-10H,2-3,8,11H2,1H3,(H,21,23). The summed E-state index contributed by atoms with van der Waals surface area (Å²) in [7, 11) is 0. The van der Waals surface area contributed by atoms with E-state index in [0.29, 0.717) is 35.8 Å². The summed E-state index contributed by atoms with van der Waals surface area (Å²) < 4.78 is 17.1. The summed E-state index contributed by atoms with van der Waals surface area (Å²) in [6.07, 6.45) is 0.837. The number of ether oxygens (including phenoxy) is 3. The number of carbonyl (C=O) groups excluding carboxylic acids is 2. The highest BCUT2D eigenvalue weighted by atomic mass is 79.9. The van der Waals surface area contributed by atoms with Gasteiger partial charge < -0.3 is 19.5 Å². The van der Waals surface area contributed by atoms with Gasteiger partial charge in [-0.15, -0.1) is 0 Å². The summed E-state index contributed by atoms with van der Waals surface area (Å²) in [4.78, 5) is 24.0. The van der Waals surface area contributed by atoms with Crippen molar-refractivity contribution in [3.8, 4) is 17.2 Å². The second-order valence-corrected chi connectivity index (χ2v) is 6.68. The van der Waals surface area contributed by atoms with Crippen LogP contribution >= 0.6 is 15.9 Å². The van der Waals surface area contributed by atoms with Crippen molar-refractivity contribution in [3.05, 3.63) is 46.4 Å². The maximum Gasteiger partial charge on any atom is 0.231 e. The molecule has 6 nitrogen and oxygen atoms in total. The topological polar surface area (TPSA) is 73.9 Å². The number of benzene rings is 2. The Morgan fingerprint density at radius 1 is 1.15 bits per heavy atom. The number of nitrogens with one attached hydrogen (secondary N) is 1. The molecule has 0 unspecified atom stereocenters. The predicted molar refractivity (Wildman–Crippen MR) is 100 cm³/mol. The zero-order valence-corrected chi connectivity index (χ0v) is 15.8. The van der Waals surface area contributed by atoms with Gasteiger partial charge in [0.2, 0.25) is 12.7 Å². The average molecular weight is 420 g/mol. The van der Waals surface area contributed by atoms with Gasteiger partial charge in [0.05, 0.1) is 12.3 Å². The highest BCUT2D eigenvalue weighted by molar-refractivity contribution is 9.10. The van der Waals surface area contributed by atoms with Gasteiger partial charge in [0.15, 0.2) is 17.3 Å². The lowest BCUT2D eigenvalue weighted by Crippen LogP contribution is -2.15. The number of Topliss-reactive ketones (excluding diaryl/α,β-unsaturated/α-hetero) is 1. The number of carbonyl (C=O) groups is 2. The average Bonchev–Trinajstić information content (AvgIpc) is 3.07. The van der Waals surface area contributed by atoms with Crippen LogP contribution < -0.4 is 19.5 Å². The highest BCUT2D eigenvalue weighted by Crippen LogP contribution is 2.37. The number of ketones is 1. The third kappa shape index (κ3) is 4.54. The second kappa shape index (κ2) is 8.23. The molecule has 1 N–H and O–H groups in total. The van der Waals surface area contributed by atoms with Crippen LogP contribution in [0.3, 0.4) is 0 Å². The summed E-state index contributed by atoms with van der Waals surface area (Å²) in [6, 6.07) is 10.7. The molecule has 26 heavy (non-hydrogen) atoms. The maximum absolute atomic E-state index is 12.2. The van der Waals surface area contributed by atoms with E-state index in [2.05, 4.69) is 21.2 Å². The van der Waals surface area contributed by atoms with Crippen LogP contribution in [0.5, 0.6) is 17.2 Å². The molecule has 0 saturated carbocycles. The van der Waals surface area contributed by atoms with E-state index < -0.39 is 0 Å². The summed E-state index contributed by atoms with van der Waals surface area (Å²) >= 11 is 3.36. The Labute approximate surface area is 159 Å². The SMILES string of the molecule is CC(=O)c1cc2c(cc1NC(=O)CCCOc1ccc(Br)cc1)OCO2. The predicted octanol–water partition coefficient (Wildman–Crippen LogP) is 4.18. The van der Waals surface area contributed by atoms with Crippen molar-refractivity contribution in [2.24, 2.45) is 0 Å². The Morgan fingerprint density at radius 2 is 1.85 bits per heavy atom. The molecule has 0 bridgehead atoms. The van der Waals surface area contributed by atoms with Crippen molar-refractivity contribution in [2.75, 3.05) is 18.7 Å². The van der Waals surface area contributed by atoms with Crippen LogP contribution in [-0.4, -0.2) is 25.1 Å².